The molecule has 0 aromatic heterocycles. The van der Waals surface area contributed by atoms with Crippen LogP contribution in [0.15, 0.2) is 29.3 Å². The molecule has 2 N–H and O–H groups in total. The molecular formula is C18H31N3O. The molecule has 0 radical (unpaired) electrons. The number of nitrogens with zero attached hydrogens (tertiary/aromatic N) is 1. The highest BCUT2D eigenvalue weighted by atomic mass is 16.5. The maximum absolute atomic E-state index is 5.55. The van der Waals surface area contributed by atoms with Gasteiger partial charge in [0, 0.05) is 27.2 Å². The predicted molar refractivity (Wildman–Crippen MR) is 94.5 cm³/mol. The molecule has 0 heterocycles. The van der Waals surface area contributed by atoms with E-state index in [2.05, 4.69) is 67.6 Å². The van der Waals surface area contributed by atoms with Crippen molar-refractivity contribution >= 4 is 5.96 Å². The van der Waals surface area contributed by atoms with Gasteiger partial charge in [0.25, 0.3) is 0 Å². The average Bonchev–Trinajstić information content (AvgIpc) is 2.44. The van der Waals surface area contributed by atoms with Gasteiger partial charge < -0.3 is 15.4 Å². The summed E-state index contributed by atoms with van der Waals surface area (Å²) in [6.07, 6.45) is 1.12. The van der Waals surface area contributed by atoms with Crippen LogP contribution in [0.3, 0.4) is 0 Å². The van der Waals surface area contributed by atoms with Crippen molar-refractivity contribution in [3.8, 4) is 0 Å². The molecule has 0 saturated heterocycles. The molecule has 4 heteroatoms. The normalized spacial score (nSPS) is 13.8. The third-order valence-corrected chi connectivity index (χ3v) is 3.72. The van der Waals surface area contributed by atoms with Crippen molar-refractivity contribution in [2.75, 3.05) is 27.2 Å². The van der Waals surface area contributed by atoms with Crippen LogP contribution in [0, 0.1) is 12.3 Å². The zero-order valence-corrected chi connectivity index (χ0v) is 14.9. The van der Waals surface area contributed by atoms with Crippen LogP contribution >= 0.6 is 0 Å². The van der Waals surface area contributed by atoms with Crippen LogP contribution in [0.5, 0.6) is 0 Å². The van der Waals surface area contributed by atoms with Gasteiger partial charge in [-0.15, -0.1) is 0 Å². The molecule has 1 unspecified atom stereocenters. The van der Waals surface area contributed by atoms with E-state index in [9.17, 15) is 0 Å². The quantitative estimate of drug-likeness (QED) is 0.627. The highest BCUT2D eigenvalue weighted by Gasteiger charge is 2.24. The van der Waals surface area contributed by atoms with Crippen molar-refractivity contribution < 1.29 is 4.74 Å². The fourth-order valence-electron chi connectivity index (χ4n) is 2.35. The molecule has 1 atom stereocenters. The van der Waals surface area contributed by atoms with Crippen molar-refractivity contribution in [3.05, 3.63) is 35.4 Å². The molecule has 0 amide bonds. The van der Waals surface area contributed by atoms with Gasteiger partial charge in [-0.3, -0.25) is 4.99 Å². The maximum Gasteiger partial charge on any atom is 0.191 e. The van der Waals surface area contributed by atoms with Crippen LogP contribution in [0.25, 0.3) is 0 Å². The van der Waals surface area contributed by atoms with Crippen LogP contribution in [-0.4, -0.2) is 39.3 Å². The summed E-state index contributed by atoms with van der Waals surface area (Å²) < 4.78 is 5.55. The Morgan fingerprint density at radius 3 is 2.55 bits per heavy atom. The van der Waals surface area contributed by atoms with Gasteiger partial charge >= 0.3 is 0 Å². The summed E-state index contributed by atoms with van der Waals surface area (Å²) in [4.78, 5) is 4.26. The van der Waals surface area contributed by atoms with E-state index in [1.165, 1.54) is 11.1 Å². The summed E-state index contributed by atoms with van der Waals surface area (Å²) in [5, 5.41) is 6.69. The lowest BCUT2D eigenvalue weighted by Gasteiger charge is -2.30. The summed E-state index contributed by atoms with van der Waals surface area (Å²) in [6, 6.07) is 8.60. The van der Waals surface area contributed by atoms with Crippen molar-refractivity contribution in [2.24, 2.45) is 10.4 Å². The van der Waals surface area contributed by atoms with Gasteiger partial charge in [-0.25, -0.2) is 0 Å². The molecule has 4 nitrogen and oxygen atoms in total. The minimum absolute atomic E-state index is 0.0994. The summed E-state index contributed by atoms with van der Waals surface area (Å²) in [6.45, 7) is 10.2. The Morgan fingerprint density at radius 2 is 2.00 bits per heavy atom. The molecule has 1 aromatic carbocycles. The zero-order valence-electron chi connectivity index (χ0n) is 14.9. The molecule has 0 aliphatic rings. The van der Waals surface area contributed by atoms with Crippen LogP contribution < -0.4 is 10.6 Å². The lowest BCUT2D eigenvalue weighted by molar-refractivity contribution is 0.0205. The third kappa shape index (κ3) is 6.48. The van der Waals surface area contributed by atoms with Crippen molar-refractivity contribution in [3.63, 3.8) is 0 Å². The van der Waals surface area contributed by atoms with Gasteiger partial charge in [-0.05, 0) is 24.3 Å². The molecule has 0 aliphatic carbocycles. The minimum atomic E-state index is 0.0994. The monoisotopic (exact) mass is 305 g/mol. The van der Waals surface area contributed by atoms with Crippen molar-refractivity contribution in [1.29, 1.82) is 0 Å². The Bertz CT molecular complexity index is 477. The first-order valence-corrected chi connectivity index (χ1v) is 7.89. The predicted octanol–water partition coefficient (Wildman–Crippen LogP) is 2.76. The Labute approximate surface area is 135 Å². The topological polar surface area (TPSA) is 45.7 Å². The second-order valence-corrected chi connectivity index (χ2v) is 6.71. The summed E-state index contributed by atoms with van der Waals surface area (Å²) in [7, 11) is 3.55. The number of aryl methyl sites for hydroxylation is 1. The number of guanidine groups is 1. The van der Waals surface area contributed by atoms with Crippen LogP contribution in [-0.2, 0) is 11.2 Å². The highest BCUT2D eigenvalue weighted by Crippen LogP contribution is 2.20. The largest absolute Gasteiger partial charge is 0.379 e. The first-order chi connectivity index (χ1) is 10.4. The summed E-state index contributed by atoms with van der Waals surface area (Å²) in [5.41, 5.74) is 2.74. The SMILES string of the molecule is CN=C(NCCc1cccc(C)c1)NCC(OC)C(C)(C)C. The van der Waals surface area contributed by atoms with Gasteiger partial charge in [0.05, 0.1) is 6.10 Å². The molecule has 22 heavy (non-hydrogen) atoms. The number of ether oxygens (including phenoxy) is 1. The smallest absolute Gasteiger partial charge is 0.191 e. The maximum atomic E-state index is 5.55. The Balaban J connectivity index is 2.40. The van der Waals surface area contributed by atoms with Gasteiger partial charge in [-0.2, -0.15) is 0 Å². The molecule has 0 spiro atoms. The van der Waals surface area contributed by atoms with Gasteiger partial charge in [0.1, 0.15) is 0 Å². The third-order valence-electron chi connectivity index (χ3n) is 3.72. The van der Waals surface area contributed by atoms with Crippen LogP contribution in [0.1, 0.15) is 31.9 Å². The van der Waals surface area contributed by atoms with E-state index in [4.69, 9.17) is 4.74 Å². The van der Waals surface area contributed by atoms with E-state index in [0.717, 1.165) is 25.5 Å². The lowest BCUT2D eigenvalue weighted by atomic mass is 9.89. The van der Waals surface area contributed by atoms with E-state index in [1.54, 1.807) is 14.2 Å². The molecule has 0 aliphatic heterocycles. The van der Waals surface area contributed by atoms with Gasteiger partial charge in [0.15, 0.2) is 5.96 Å². The van der Waals surface area contributed by atoms with Gasteiger partial charge in [0.2, 0.25) is 0 Å². The van der Waals surface area contributed by atoms with Gasteiger partial charge in [-0.1, -0.05) is 50.6 Å². The number of methoxy groups -OCH3 is 1. The Morgan fingerprint density at radius 1 is 1.27 bits per heavy atom. The molecule has 1 aromatic rings. The van der Waals surface area contributed by atoms with Crippen molar-refractivity contribution in [2.45, 2.75) is 40.2 Å². The van der Waals surface area contributed by atoms with E-state index in [-0.39, 0.29) is 11.5 Å². The first-order valence-electron chi connectivity index (χ1n) is 7.89. The molecular weight excluding hydrogens is 274 g/mol. The second-order valence-electron chi connectivity index (χ2n) is 6.71. The molecule has 0 bridgehead atoms. The summed E-state index contributed by atoms with van der Waals surface area (Å²) in [5.74, 6) is 0.818. The van der Waals surface area contributed by atoms with Crippen molar-refractivity contribution in [1.82, 2.24) is 10.6 Å². The number of hydrogen-bond acceptors (Lipinski definition) is 2. The van der Waals surface area contributed by atoms with E-state index >= 15 is 0 Å². The molecule has 0 saturated carbocycles. The fraction of sp³-hybridized carbons (Fsp3) is 0.611. The Hall–Kier alpha value is -1.55. The summed E-state index contributed by atoms with van der Waals surface area (Å²) >= 11 is 0. The lowest BCUT2D eigenvalue weighted by Crippen LogP contribution is -2.45. The highest BCUT2D eigenvalue weighted by molar-refractivity contribution is 5.79. The number of hydrogen-bond donors (Lipinski definition) is 2. The minimum Gasteiger partial charge on any atom is -0.379 e. The zero-order chi connectivity index (χ0) is 16.6. The van der Waals surface area contributed by atoms with Crippen LogP contribution in [0.4, 0.5) is 0 Å². The Kier molecular flexibility index (Phi) is 7.39. The second kappa shape index (κ2) is 8.79. The number of nitrogens with one attached hydrogen (secondary N) is 2. The fourth-order valence-corrected chi connectivity index (χ4v) is 2.35. The standard InChI is InChI=1S/C18H31N3O/c1-14-8-7-9-15(12-14)10-11-20-17(19-5)21-13-16(22-6)18(2,3)4/h7-9,12,16H,10-11,13H2,1-6H3,(H2,19,20,21). The first kappa shape index (κ1) is 18.5. The van der Waals surface area contributed by atoms with E-state index in [0.29, 0.717) is 0 Å². The van der Waals surface area contributed by atoms with E-state index < -0.39 is 0 Å². The number of rotatable bonds is 6. The molecule has 0 fully saturated rings. The molecule has 124 valence electrons. The van der Waals surface area contributed by atoms with Crippen LogP contribution in [0.2, 0.25) is 0 Å². The number of benzene rings is 1. The molecule has 1 rings (SSSR count). The average molecular weight is 305 g/mol. The number of aliphatic imine (C=N–C) groups is 1. The van der Waals surface area contributed by atoms with E-state index in [1.807, 2.05) is 0 Å².